The smallest absolute Gasteiger partial charge is 0.191 e. The van der Waals surface area contributed by atoms with Crippen molar-refractivity contribution in [1.29, 1.82) is 0 Å². The Kier molecular flexibility index (Phi) is 8.17. The van der Waals surface area contributed by atoms with Crippen molar-refractivity contribution in [2.24, 2.45) is 4.99 Å². The van der Waals surface area contributed by atoms with Gasteiger partial charge in [0.05, 0.1) is 19.9 Å². The lowest BCUT2D eigenvalue weighted by molar-refractivity contribution is 0.256. The highest BCUT2D eigenvalue weighted by Crippen LogP contribution is 2.33. The van der Waals surface area contributed by atoms with Gasteiger partial charge in [-0.3, -0.25) is 4.90 Å². The van der Waals surface area contributed by atoms with Crippen LogP contribution in [-0.4, -0.2) is 56.4 Å². The summed E-state index contributed by atoms with van der Waals surface area (Å²) < 4.78 is 16.3. The van der Waals surface area contributed by atoms with Crippen LogP contribution in [0.5, 0.6) is 11.5 Å². The molecule has 0 radical (unpaired) electrons. The quantitative estimate of drug-likeness (QED) is 0.468. The van der Waals surface area contributed by atoms with E-state index in [9.17, 15) is 0 Å². The number of benzene rings is 1. The molecule has 170 valence electrons. The second kappa shape index (κ2) is 11.0. The normalized spacial score (nSPS) is 14.5. The highest BCUT2D eigenvalue weighted by molar-refractivity contribution is 5.79. The third-order valence-electron chi connectivity index (χ3n) is 5.42. The molecular weight excluding hydrogens is 394 g/mol. The molecule has 2 heterocycles. The van der Waals surface area contributed by atoms with Gasteiger partial charge in [0, 0.05) is 38.8 Å². The summed E-state index contributed by atoms with van der Waals surface area (Å²) in [4.78, 5) is 7.07. The summed E-state index contributed by atoms with van der Waals surface area (Å²) in [5.74, 6) is 3.50. The highest BCUT2D eigenvalue weighted by atomic mass is 16.5. The maximum atomic E-state index is 5.46. The van der Waals surface area contributed by atoms with Crippen molar-refractivity contribution in [3.63, 3.8) is 0 Å². The number of rotatable bonds is 9. The average molecular weight is 430 g/mol. The summed E-state index contributed by atoms with van der Waals surface area (Å²) in [5, 5.41) is 10.8. The molecule has 0 atom stereocenters. The molecule has 0 amide bonds. The molecule has 8 heteroatoms. The molecule has 0 aliphatic carbocycles. The van der Waals surface area contributed by atoms with E-state index in [1.165, 1.54) is 11.1 Å². The van der Waals surface area contributed by atoms with Gasteiger partial charge >= 0.3 is 0 Å². The van der Waals surface area contributed by atoms with E-state index in [2.05, 4.69) is 58.6 Å². The van der Waals surface area contributed by atoms with Crippen LogP contribution < -0.4 is 20.1 Å². The van der Waals surface area contributed by atoms with Crippen LogP contribution in [0, 0.1) is 0 Å². The number of aliphatic imine (C=N–C) groups is 1. The number of nitrogens with one attached hydrogen (secondary N) is 2. The molecule has 0 saturated heterocycles. The van der Waals surface area contributed by atoms with Crippen LogP contribution in [0.25, 0.3) is 0 Å². The van der Waals surface area contributed by atoms with Crippen molar-refractivity contribution < 1.29 is 14.0 Å². The number of nitrogens with zero attached hydrogens (tertiary/aromatic N) is 3. The minimum absolute atomic E-state index is 0.351. The van der Waals surface area contributed by atoms with Crippen molar-refractivity contribution in [3.8, 4) is 11.5 Å². The van der Waals surface area contributed by atoms with E-state index in [0.29, 0.717) is 12.5 Å². The zero-order chi connectivity index (χ0) is 22.2. The first-order valence-corrected chi connectivity index (χ1v) is 11.0. The van der Waals surface area contributed by atoms with E-state index in [1.807, 2.05) is 6.07 Å². The molecule has 1 aromatic carbocycles. The van der Waals surface area contributed by atoms with Gasteiger partial charge in [-0.1, -0.05) is 19.0 Å². The molecule has 8 nitrogen and oxygen atoms in total. The molecule has 1 aromatic heterocycles. The highest BCUT2D eigenvalue weighted by Gasteiger charge is 2.19. The molecule has 0 fully saturated rings. The minimum atomic E-state index is 0.351. The zero-order valence-electron chi connectivity index (χ0n) is 19.3. The van der Waals surface area contributed by atoms with E-state index in [0.717, 1.165) is 68.1 Å². The van der Waals surface area contributed by atoms with Crippen LogP contribution in [0.2, 0.25) is 0 Å². The van der Waals surface area contributed by atoms with E-state index < -0.39 is 0 Å². The van der Waals surface area contributed by atoms with Gasteiger partial charge in [0.25, 0.3) is 0 Å². The van der Waals surface area contributed by atoms with Gasteiger partial charge in [0.1, 0.15) is 6.54 Å². The number of guanidine groups is 1. The van der Waals surface area contributed by atoms with Gasteiger partial charge in [0.2, 0.25) is 0 Å². The number of methoxy groups -OCH3 is 2. The van der Waals surface area contributed by atoms with Gasteiger partial charge in [-0.05, 0) is 42.5 Å². The lowest BCUT2D eigenvalue weighted by atomic mass is 9.99. The van der Waals surface area contributed by atoms with Crippen molar-refractivity contribution in [3.05, 3.63) is 40.8 Å². The van der Waals surface area contributed by atoms with Gasteiger partial charge in [0.15, 0.2) is 23.2 Å². The molecule has 31 heavy (non-hydrogen) atoms. The predicted octanol–water partition coefficient (Wildman–Crippen LogP) is 2.93. The maximum Gasteiger partial charge on any atom is 0.191 e. The standard InChI is InChI=1S/C23H35N5O3/c1-6-24-23(26-14-19-13-20(16(2)3)27-31-19)25-8-10-28-9-7-17-11-21(29-4)22(30-5)12-18(17)15-28/h11-13,16H,6-10,14-15H2,1-5H3,(H2,24,25,26). The van der Waals surface area contributed by atoms with Crippen LogP contribution in [0.3, 0.4) is 0 Å². The van der Waals surface area contributed by atoms with Gasteiger partial charge < -0.3 is 24.6 Å². The Morgan fingerprint density at radius 1 is 1.16 bits per heavy atom. The van der Waals surface area contributed by atoms with Crippen LogP contribution in [0.15, 0.2) is 27.7 Å². The second-order valence-electron chi connectivity index (χ2n) is 8.00. The van der Waals surface area contributed by atoms with E-state index in [1.54, 1.807) is 14.2 Å². The van der Waals surface area contributed by atoms with Crippen molar-refractivity contribution >= 4 is 5.96 Å². The summed E-state index contributed by atoms with van der Waals surface area (Å²) in [6.07, 6.45) is 1.01. The number of ether oxygens (including phenoxy) is 2. The fourth-order valence-corrected chi connectivity index (χ4v) is 3.64. The Balaban J connectivity index is 1.52. The fourth-order valence-electron chi connectivity index (χ4n) is 3.64. The Bertz CT molecular complexity index is 878. The third-order valence-corrected chi connectivity index (χ3v) is 5.42. The zero-order valence-corrected chi connectivity index (χ0v) is 19.3. The summed E-state index contributed by atoms with van der Waals surface area (Å²) in [6.45, 7) is 11.2. The molecule has 0 unspecified atom stereocenters. The Morgan fingerprint density at radius 2 is 1.90 bits per heavy atom. The van der Waals surface area contributed by atoms with Gasteiger partial charge in [-0.2, -0.15) is 0 Å². The van der Waals surface area contributed by atoms with Crippen LogP contribution in [0.1, 0.15) is 49.3 Å². The lowest BCUT2D eigenvalue weighted by Crippen LogP contribution is -2.42. The molecule has 1 aliphatic heterocycles. The molecular formula is C23H35N5O3. The number of aromatic nitrogens is 1. The Labute approximate surface area is 185 Å². The molecule has 0 saturated carbocycles. The summed E-state index contributed by atoms with van der Waals surface area (Å²) >= 11 is 0. The summed E-state index contributed by atoms with van der Waals surface area (Å²) in [5.41, 5.74) is 3.60. The van der Waals surface area contributed by atoms with Crippen LogP contribution >= 0.6 is 0 Å². The third kappa shape index (κ3) is 6.13. The Hall–Kier alpha value is -2.74. The van der Waals surface area contributed by atoms with E-state index in [4.69, 9.17) is 14.0 Å². The molecule has 0 spiro atoms. The molecule has 3 rings (SSSR count). The maximum absolute atomic E-state index is 5.46. The monoisotopic (exact) mass is 429 g/mol. The van der Waals surface area contributed by atoms with Crippen LogP contribution in [0.4, 0.5) is 0 Å². The second-order valence-corrected chi connectivity index (χ2v) is 8.00. The predicted molar refractivity (Wildman–Crippen MR) is 122 cm³/mol. The van der Waals surface area contributed by atoms with Crippen molar-refractivity contribution in [2.75, 3.05) is 40.4 Å². The van der Waals surface area contributed by atoms with Gasteiger partial charge in [-0.15, -0.1) is 0 Å². The molecule has 0 bridgehead atoms. The molecule has 2 aromatic rings. The largest absolute Gasteiger partial charge is 0.493 e. The lowest BCUT2D eigenvalue weighted by Gasteiger charge is -2.29. The van der Waals surface area contributed by atoms with Crippen LogP contribution in [-0.2, 0) is 19.5 Å². The first kappa shape index (κ1) is 22.9. The fraction of sp³-hybridized carbons (Fsp3) is 0.565. The number of fused-ring (bicyclic) bond motifs is 1. The number of hydrogen-bond acceptors (Lipinski definition) is 6. The summed E-state index contributed by atoms with van der Waals surface area (Å²) in [6, 6.07) is 6.18. The molecule has 2 N–H and O–H groups in total. The Morgan fingerprint density at radius 3 is 2.55 bits per heavy atom. The van der Waals surface area contributed by atoms with Gasteiger partial charge in [-0.25, -0.2) is 4.99 Å². The topological polar surface area (TPSA) is 84.2 Å². The van der Waals surface area contributed by atoms with E-state index >= 15 is 0 Å². The SMILES string of the molecule is CCNC(=NCc1cc(C(C)C)no1)NCCN1CCc2cc(OC)c(OC)cc2C1. The first-order chi connectivity index (χ1) is 15.0. The van der Waals surface area contributed by atoms with Crippen molar-refractivity contribution in [1.82, 2.24) is 20.7 Å². The number of hydrogen-bond donors (Lipinski definition) is 2. The first-order valence-electron chi connectivity index (χ1n) is 11.0. The summed E-state index contributed by atoms with van der Waals surface area (Å²) in [7, 11) is 3.36. The van der Waals surface area contributed by atoms with Crippen molar-refractivity contribution in [2.45, 2.75) is 46.2 Å². The molecule has 1 aliphatic rings. The minimum Gasteiger partial charge on any atom is -0.493 e. The average Bonchev–Trinajstić information content (AvgIpc) is 3.26. The van der Waals surface area contributed by atoms with E-state index in [-0.39, 0.29) is 0 Å².